The Labute approximate surface area is 163 Å². The first-order chi connectivity index (χ1) is 13.6. The molecular weight excluding hydrogens is 361 g/mol. The van der Waals surface area contributed by atoms with Crippen LogP contribution in [0, 0.1) is 5.82 Å². The molecule has 4 rings (SSSR count). The molecule has 0 bridgehead atoms. The van der Waals surface area contributed by atoms with Crippen LogP contribution in [-0.4, -0.2) is 44.4 Å². The number of aromatic nitrogens is 2. The second-order valence-electron chi connectivity index (χ2n) is 7.31. The number of hydrogen-bond acceptors (Lipinski definition) is 3. The third-order valence-electron chi connectivity index (χ3n) is 5.33. The maximum Gasteiger partial charge on any atom is 0.318 e. The minimum Gasteiger partial charge on any atom is -0.337 e. The number of fused-ring (bicyclic) bond motifs is 1. The van der Waals surface area contributed by atoms with Crippen LogP contribution in [0.3, 0.4) is 0 Å². The molecule has 0 atom stereocenters. The molecule has 1 fully saturated rings. The molecular formula is C20H24FN5O2. The van der Waals surface area contributed by atoms with Gasteiger partial charge in [-0.2, -0.15) is 0 Å². The van der Waals surface area contributed by atoms with Gasteiger partial charge in [0.25, 0.3) is 0 Å². The molecule has 148 valence electrons. The Kier molecular flexibility index (Phi) is 5.27. The highest BCUT2D eigenvalue weighted by atomic mass is 19.1. The first-order valence-electron chi connectivity index (χ1n) is 9.68. The Morgan fingerprint density at radius 3 is 2.89 bits per heavy atom. The van der Waals surface area contributed by atoms with Gasteiger partial charge >= 0.3 is 6.03 Å². The lowest BCUT2D eigenvalue weighted by Crippen LogP contribution is -2.39. The first-order valence-corrected chi connectivity index (χ1v) is 9.68. The maximum atomic E-state index is 13.3. The number of nitrogens with zero attached hydrogens (tertiary/aromatic N) is 4. The summed E-state index contributed by atoms with van der Waals surface area (Å²) in [4.78, 5) is 32.7. The van der Waals surface area contributed by atoms with Crippen LogP contribution >= 0.6 is 0 Å². The number of nitrogens with one attached hydrogen (secondary N) is 1. The van der Waals surface area contributed by atoms with Gasteiger partial charge in [0.1, 0.15) is 5.82 Å². The quantitative estimate of drug-likeness (QED) is 0.878. The van der Waals surface area contributed by atoms with E-state index in [0.717, 1.165) is 42.9 Å². The smallest absolute Gasteiger partial charge is 0.318 e. The van der Waals surface area contributed by atoms with Gasteiger partial charge in [-0.15, -0.1) is 0 Å². The van der Waals surface area contributed by atoms with Gasteiger partial charge in [-0.05, 0) is 30.5 Å². The minimum absolute atomic E-state index is 0.167. The average molecular weight is 385 g/mol. The Balaban J connectivity index is 1.42. The van der Waals surface area contributed by atoms with Crippen molar-refractivity contribution < 1.29 is 14.0 Å². The van der Waals surface area contributed by atoms with Crippen molar-refractivity contribution in [2.45, 2.75) is 45.4 Å². The van der Waals surface area contributed by atoms with Gasteiger partial charge in [0, 0.05) is 32.6 Å². The van der Waals surface area contributed by atoms with Gasteiger partial charge in [0.15, 0.2) is 0 Å². The summed E-state index contributed by atoms with van der Waals surface area (Å²) in [5.41, 5.74) is 2.57. The van der Waals surface area contributed by atoms with E-state index in [1.165, 1.54) is 12.1 Å². The minimum atomic E-state index is -0.313. The van der Waals surface area contributed by atoms with Gasteiger partial charge in [0.2, 0.25) is 5.91 Å². The van der Waals surface area contributed by atoms with E-state index in [1.54, 1.807) is 23.4 Å². The van der Waals surface area contributed by atoms with Gasteiger partial charge in [-0.1, -0.05) is 12.1 Å². The van der Waals surface area contributed by atoms with Crippen LogP contribution in [0.2, 0.25) is 0 Å². The van der Waals surface area contributed by atoms with Crippen molar-refractivity contribution in [3.63, 3.8) is 0 Å². The molecule has 0 spiro atoms. The fourth-order valence-electron chi connectivity index (χ4n) is 3.81. The SMILES string of the molecule is O=C1CCCN1Cc1ncn2c1CN(C(=O)NCc1cccc(F)c1)CCC2. The molecule has 28 heavy (non-hydrogen) atoms. The van der Waals surface area contributed by atoms with Crippen LogP contribution in [0.1, 0.15) is 36.2 Å². The van der Waals surface area contributed by atoms with Crippen molar-refractivity contribution in [2.75, 3.05) is 13.1 Å². The Hall–Kier alpha value is -2.90. The molecule has 1 saturated heterocycles. The fraction of sp³-hybridized carbons (Fsp3) is 0.450. The summed E-state index contributed by atoms with van der Waals surface area (Å²) in [6.07, 6.45) is 4.13. The van der Waals surface area contributed by atoms with E-state index in [-0.39, 0.29) is 24.3 Å². The molecule has 1 aromatic carbocycles. The number of aryl methyl sites for hydroxylation is 1. The van der Waals surface area contributed by atoms with E-state index in [4.69, 9.17) is 0 Å². The normalized spacial score (nSPS) is 16.8. The molecule has 2 aliphatic rings. The summed E-state index contributed by atoms with van der Waals surface area (Å²) in [7, 11) is 0. The van der Waals surface area contributed by atoms with Gasteiger partial charge in [-0.3, -0.25) is 4.79 Å². The van der Waals surface area contributed by atoms with E-state index >= 15 is 0 Å². The fourth-order valence-corrected chi connectivity index (χ4v) is 3.81. The summed E-state index contributed by atoms with van der Waals surface area (Å²) < 4.78 is 15.4. The highest BCUT2D eigenvalue weighted by molar-refractivity contribution is 5.78. The summed E-state index contributed by atoms with van der Waals surface area (Å²) in [6, 6.07) is 6.04. The Bertz CT molecular complexity index is 881. The van der Waals surface area contributed by atoms with Crippen LogP contribution in [0.4, 0.5) is 9.18 Å². The second kappa shape index (κ2) is 8.00. The number of amides is 3. The zero-order chi connectivity index (χ0) is 19.5. The number of carbonyl (C=O) groups excluding carboxylic acids is 2. The number of benzene rings is 1. The Morgan fingerprint density at radius 2 is 2.11 bits per heavy atom. The molecule has 0 radical (unpaired) electrons. The van der Waals surface area contributed by atoms with Gasteiger partial charge < -0.3 is 19.7 Å². The molecule has 0 saturated carbocycles. The number of carbonyl (C=O) groups is 2. The highest BCUT2D eigenvalue weighted by Crippen LogP contribution is 2.20. The van der Waals surface area contributed by atoms with Crippen molar-refractivity contribution in [3.05, 3.63) is 53.4 Å². The zero-order valence-corrected chi connectivity index (χ0v) is 15.7. The van der Waals surface area contributed by atoms with Crippen molar-refractivity contribution in [1.29, 1.82) is 0 Å². The lowest BCUT2D eigenvalue weighted by atomic mass is 10.2. The molecule has 2 aromatic rings. The van der Waals surface area contributed by atoms with Crippen LogP contribution in [-0.2, 0) is 31.0 Å². The molecule has 0 unspecified atom stereocenters. The third-order valence-corrected chi connectivity index (χ3v) is 5.33. The van der Waals surface area contributed by atoms with Crippen LogP contribution in [0.15, 0.2) is 30.6 Å². The lowest BCUT2D eigenvalue weighted by Gasteiger charge is -2.22. The predicted octanol–water partition coefficient (Wildman–Crippen LogP) is 2.26. The number of imidazole rings is 1. The van der Waals surface area contributed by atoms with E-state index in [9.17, 15) is 14.0 Å². The largest absolute Gasteiger partial charge is 0.337 e. The van der Waals surface area contributed by atoms with Gasteiger partial charge in [-0.25, -0.2) is 14.2 Å². The number of hydrogen-bond donors (Lipinski definition) is 1. The standard InChI is InChI=1S/C20H24FN5O2/c21-16-5-1-4-15(10-16)11-22-20(28)25-8-3-9-26-14-23-17(18(26)13-25)12-24-7-2-6-19(24)27/h1,4-5,10,14H,2-3,6-9,11-13H2,(H,22,28). The molecule has 8 heteroatoms. The highest BCUT2D eigenvalue weighted by Gasteiger charge is 2.26. The van der Waals surface area contributed by atoms with Gasteiger partial charge in [0.05, 0.1) is 30.8 Å². The third kappa shape index (κ3) is 4.00. The van der Waals surface area contributed by atoms with E-state index in [2.05, 4.69) is 14.9 Å². The average Bonchev–Trinajstić information content (AvgIpc) is 3.18. The number of likely N-dealkylation sites (tertiary alicyclic amines) is 1. The molecule has 2 aliphatic heterocycles. The lowest BCUT2D eigenvalue weighted by molar-refractivity contribution is -0.128. The van der Waals surface area contributed by atoms with Crippen molar-refractivity contribution in [2.24, 2.45) is 0 Å². The van der Waals surface area contributed by atoms with Crippen LogP contribution < -0.4 is 5.32 Å². The molecule has 3 heterocycles. The molecule has 3 amide bonds. The molecule has 1 N–H and O–H groups in total. The number of halogens is 1. The zero-order valence-electron chi connectivity index (χ0n) is 15.7. The van der Waals surface area contributed by atoms with E-state index in [1.807, 2.05) is 4.90 Å². The monoisotopic (exact) mass is 385 g/mol. The summed E-state index contributed by atoms with van der Waals surface area (Å²) in [6.45, 7) is 3.43. The topological polar surface area (TPSA) is 70.5 Å². The molecule has 7 nitrogen and oxygen atoms in total. The van der Waals surface area contributed by atoms with E-state index in [0.29, 0.717) is 26.1 Å². The predicted molar refractivity (Wildman–Crippen MR) is 101 cm³/mol. The maximum absolute atomic E-state index is 13.3. The summed E-state index contributed by atoms with van der Waals surface area (Å²) >= 11 is 0. The number of rotatable bonds is 4. The molecule has 1 aromatic heterocycles. The van der Waals surface area contributed by atoms with Crippen LogP contribution in [0.25, 0.3) is 0 Å². The van der Waals surface area contributed by atoms with Crippen LogP contribution in [0.5, 0.6) is 0 Å². The van der Waals surface area contributed by atoms with E-state index < -0.39 is 0 Å². The molecule has 0 aliphatic carbocycles. The Morgan fingerprint density at radius 1 is 1.21 bits per heavy atom. The summed E-state index contributed by atoms with van der Waals surface area (Å²) in [5, 5.41) is 2.87. The second-order valence-corrected chi connectivity index (χ2v) is 7.31. The number of urea groups is 1. The van der Waals surface area contributed by atoms with Crippen molar-refractivity contribution in [1.82, 2.24) is 24.7 Å². The first kappa shape index (κ1) is 18.5. The van der Waals surface area contributed by atoms with Crippen molar-refractivity contribution in [3.8, 4) is 0 Å². The summed E-state index contributed by atoms with van der Waals surface area (Å²) in [5.74, 6) is -0.147. The van der Waals surface area contributed by atoms with Crippen molar-refractivity contribution >= 4 is 11.9 Å².